The van der Waals surface area contributed by atoms with Gasteiger partial charge in [-0.25, -0.2) is 4.79 Å². The third kappa shape index (κ3) is 6.92. The Morgan fingerprint density at radius 1 is 1.37 bits per heavy atom. The van der Waals surface area contributed by atoms with Crippen molar-refractivity contribution in [2.45, 2.75) is 72.4 Å². The number of nitrogens with zero attached hydrogens (tertiary/aromatic N) is 4. The zero-order valence-electron chi connectivity index (χ0n) is 20.0. The lowest BCUT2D eigenvalue weighted by Gasteiger charge is -2.34. The Morgan fingerprint density at radius 2 is 2.07 bits per heavy atom. The number of carbonyl (C=O) groups is 1. The third-order valence-corrected chi connectivity index (χ3v) is 5.50. The Balaban J connectivity index is 1.84. The van der Waals surface area contributed by atoms with E-state index in [0.29, 0.717) is 12.5 Å². The van der Waals surface area contributed by atoms with E-state index < -0.39 is 5.60 Å². The summed E-state index contributed by atoms with van der Waals surface area (Å²) in [5.41, 5.74) is 3.10. The fourth-order valence-corrected chi connectivity index (χ4v) is 3.86. The zero-order chi connectivity index (χ0) is 22.5. The highest BCUT2D eigenvalue weighted by Crippen LogP contribution is 2.19. The fraction of sp³-hybridized carbons (Fsp3) is 0.773. The molecule has 2 heterocycles. The molecule has 2 atom stereocenters. The summed E-state index contributed by atoms with van der Waals surface area (Å²) < 4.78 is 7.46. The minimum Gasteiger partial charge on any atom is -0.444 e. The molecule has 1 fully saturated rings. The molecule has 0 spiro atoms. The predicted octanol–water partition coefficient (Wildman–Crippen LogP) is 2.78. The Morgan fingerprint density at radius 3 is 2.63 bits per heavy atom. The van der Waals surface area contributed by atoms with Crippen LogP contribution in [0.2, 0.25) is 0 Å². The number of rotatable bonds is 5. The minimum atomic E-state index is -0.463. The number of ether oxygens (including phenoxy) is 1. The molecular weight excluding hydrogens is 380 g/mol. The normalized spacial score (nSPS) is 18.9. The summed E-state index contributed by atoms with van der Waals surface area (Å²) in [6.07, 6.45) is 2.76. The van der Waals surface area contributed by atoms with Crippen LogP contribution in [0, 0.1) is 19.8 Å². The Kier molecular flexibility index (Phi) is 8.15. The van der Waals surface area contributed by atoms with Crippen LogP contribution in [0.1, 0.15) is 57.5 Å². The molecule has 1 aromatic rings. The number of guanidine groups is 1. The van der Waals surface area contributed by atoms with Gasteiger partial charge in [-0.2, -0.15) is 5.10 Å². The van der Waals surface area contributed by atoms with E-state index in [1.165, 1.54) is 11.3 Å². The van der Waals surface area contributed by atoms with Crippen molar-refractivity contribution in [1.82, 2.24) is 25.3 Å². The lowest BCUT2D eigenvalue weighted by atomic mass is 9.98. The lowest BCUT2D eigenvalue weighted by Crippen LogP contribution is -2.48. The number of hydrogen-bond acceptors (Lipinski definition) is 4. The molecule has 1 aliphatic rings. The van der Waals surface area contributed by atoms with Crippen molar-refractivity contribution in [2.75, 3.05) is 26.7 Å². The van der Waals surface area contributed by atoms with Crippen molar-refractivity contribution in [2.24, 2.45) is 18.0 Å². The average Bonchev–Trinajstić information content (AvgIpc) is 2.90. The van der Waals surface area contributed by atoms with Crippen LogP contribution in [-0.4, -0.2) is 65.1 Å². The first-order valence-electron chi connectivity index (χ1n) is 10.9. The molecule has 1 amide bonds. The summed E-state index contributed by atoms with van der Waals surface area (Å²) >= 11 is 0. The van der Waals surface area contributed by atoms with Crippen molar-refractivity contribution in [3.63, 3.8) is 0 Å². The molecule has 2 N–H and O–H groups in total. The van der Waals surface area contributed by atoms with Crippen LogP contribution >= 0.6 is 0 Å². The molecule has 30 heavy (non-hydrogen) atoms. The Hall–Kier alpha value is -2.25. The van der Waals surface area contributed by atoms with Gasteiger partial charge >= 0.3 is 6.09 Å². The zero-order valence-corrected chi connectivity index (χ0v) is 20.0. The number of aliphatic imine (C=N–C) groups is 1. The number of carbonyl (C=O) groups excluding carboxylic acids is 1. The number of amides is 1. The fourth-order valence-electron chi connectivity index (χ4n) is 3.86. The highest BCUT2D eigenvalue weighted by Gasteiger charge is 2.27. The quantitative estimate of drug-likeness (QED) is 0.565. The third-order valence-electron chi connectivity index (χ3n) is 5.50. The molecule has 1 aromatic heterocycles. The topological polar surface area (TPSA) is 83.8 Å². The summed E-state index contributed by atoms with van der Waals surface area (Å²) in [6.45, 7) is 14.3. The number of hydrogen-bond donors (Lipinski definition) is 2. The van der Waals surface area contributed by atoms with Gasteiger partial charge in [0.15, 0.2) is 5.96 Å². The van der Waals surface area contributed by atoms with Crippen LogP contribution in [-0.2, 0) is 18.2 Å². The maximum atomic E-state index is 12.4. The summed E-state index contributed by atoms with van der Waals surface area (Å²) in [5, 5.41) is 11.4. The SMILES string of the molecule is CN=C(NCC1CCCN(C(=O)OC(C)(C)C)C1)NC(C)Cc1c(C)nn(C)c1C. The molecule has 8 nitrogen and oxygen atoms in total. The van der Waals surface area contributed by atoms with E-state index in [1.807, 2.05) is 37.4 Å². The van der Waals surface area contributed by atoms with Crippen molar-refractivity contribution >= 4 is 12.1 Å². The van der Waals surface area contributed by atoms with Crippen LogP contribution in [0.15, 0.2) is 4.99 Å². The second-order valence-corrected chi connectivity index (χ2v) is 9.41. The summed E-state index contributed by atoms with van der Waals surface area (Å²) in [4.78, 5) is 18.6. The molecular formula is C22H40N6O2. The highest BCUT2D eigenvalue weighted by molar-refractivity contribution is 5.80. The Bertz CT molecular complexity index is 750. The maximum absolute atomic E-state index is 12.4. The van der Waals surface area contributed by atoms with Gasteiger partial charge in [-0.1, -0.05) is 0 Å². The van der Waals surface area contributed by atoms with Crippen molar-refractivity contribution in [3.8, 4) is 0 Å². The van der Waals surface area contributed by atoms with Gasteiger partial charge < -0.3 is 20.3 Å². The summed E-state index contributed by atoms with van der Waals surface area (Å²) in [5.74, 6) is 1.17. The molecule has 1 aliphatic heterocycles. The first kappa shape index (κ1) is 24.0. The van der Waals surface area contributed by atoms with E-state index in [4.69, 9.17) is 4.74 Å². The maximum Gasteiger partial charge on any atom is 0.410 e. The molecule has 0 aromatic carbocycles. The molecule has 0 bridgehead atoms. The van der Waals surface area contributed by atoms with Crippen molar-refractivity contribution < 1.29 is 9.53 Å². The number of piperidine rings is 1. The molecule has 0 aliphatic carbocycles. The molecule has 0 saturated carbocycles. The molecule has 2 unspecified atom stereocenters. The monoisotopic (exact) mass is 420 g/mol. The van der Waals surface area contributed by atoms with Crippen LogP contribution in [0.25, 0.3) is 0 Å². The first-order chi connectivity index (χ1) is 14.0. The second-order valence-electron chi connectivity index (χ2n) is 9.41. The molecule has 0 radical (unpaired) electrons. The summed E-state index contributed by atoms with van der Waals surface area (Å²) in [6, 6.07) is 0.224. The lowest BCUT2D eigenvalue weighted by molar-refractivity contribution is 0.0168. The van der Waals surface area contributed by atoms with Gasteiger partial charge in [-0.15, -0.1) is 0 Å². The molecule has 2 rings (SSSR count). The largest absolute Gasteiger partial charge is 0.444 e. The van der Waals surface area contributed by atoms with Gasteiger partial charge in [0.1, 0.15) is 5.60 Å². The second kappa shape index (κ2) is 10.2. The van der Waals surface area contributed by atoms with Gasteiger partial charge in [-0.3, -0.25) is 9.67 Å². The van der Waals surface area contributed by atoms with E-state index >= 15 is 0 Å². The number of aryl methyl sites for hydroxylation is 2. The van der Waals surface area contributed by atoms with Crippen LogP contribution in [0.5, 0.6) is 0 Å². The van der Waals surface area contributed by atoms with Gasteiger partial charge in [0.05, 0.1) is 5.69 Å². The van der Waals surface area contributed by atoms with Gasteiger partial charge in [0, 0.05) is 45.5 Å². The van der Waals surface area contributed by atoms with E-state index in [0.717, 1.165) is 44.0 Å². The number of likely N-dealkylation sites (tertiary alicyclic amines) is 1. The van der Waals surface area contributed by atoms with Gasteiger partial charge in [0.2, 0.25) is 0 Å². The molecule has 1 saturated heterocycles. The standard InChI is InChI=1S/C22H40N6O2/c1-15(12-19-16(2)26-27(8)17(19)3)25-20(23-7)24-13-18-10-9-11-28(14-18)21(29)30-22(4,5)6/h15,18H,9-14H2,1-8H3,(H2,23,24,25). The Labute approximate surface area is 181 Å². The first-order valence-corrected chi connectivity index (χ1v) is 10.9. The molecule has 8 heteroatoms. The van der Waals surface area contributed by atoms with Crippen molar-refractivity contribution in [1.29, 1.82) is 0 Å². The average molecular weight is 421 g/mol. The summed E-state index contributed by atoms with van der Waals surface area (Å²) in [7, 11) is 3.77. The van der Waals surface area contributed by atoms with Gasteiger partial charge in [-0.05, 0) is 72.3 Å². The van der Waals surface area contributed by atoms with E-state index in [2.05, 4.69) is 41.5 Å². The van der Waals surface area contributed by atoms with E-state index in [-0.39, 0.29) is 12.1 Å². The predicted molar refractivity (Wildman–Crippen MR) is 121 cm³/mol. The van der Waals surface area contributed by atoms with Crippen molar-refractivity contribution in [3.05, 3.63) is 17.0 Å². The van der Waals surface area contributed by atoms with E-state index in [9.17, 15) is 4.79 Å². The minimum absolute atomic E-state index is 0.217. The van der Waals surface area contributed by atoms with Crippen LogP contribution < -0.4 is 10.6 Å². The number of aromatic nitrogens is 2. The van der Waals surface area contributed by atoms with Crippen LogP contribution in [0.4, 0.5) is 4.79 Å². The smallest absolute Gasteiger partial charge is 0.410 e. The van der Waals surface area contributed by atoms with Crippen LogP contribution in [0.3, 0.4) is 0 Å². The molecule has 170 valence electrons. The van der Waals surface area contributed by atoms with E-state index in [1.54, 1.807) is 7.05 Å². The highest BCUT2D eigenvalue weighted by atomic mass is 16.6. The number of nitrogens with one attached hydrogen (secondary N) is 2. The van der Waals surface area contributed by atoms with Gasteiger partial charge in [0.25, 0.3) is 0 Å².